The summed E-state index contributed by atoms with van der Waals surface area (Å²) in [6.07, 6.45) is 7.86. The maximum Gasteiger partial charge on any atom is 0.278 e. The van der Waals surface area contributed by atoms with Crippen LogP contribution < -0.4 is 16.4 Å². The number of aromatic nitrogens is 4. The van der Waals surface area contributed by atoms with E-state index in [0.717, 1.165) is 18.8 Å². The molecule has 1 aromatic carbocycles. The third-order valence-electron chi connectivity index (χ3n) is 5.56. The second-order valence-electron chi connectivity index (χ2n) is 7.74. The van der Waals surface area contributed by atoms with Crippen molar-refractivity contribution in [1.82, 2.24) is 25.1 Å². The van der Waals surface area contributed by atoms with Crippen LogP contribution in [-0.4, -0.2) is 44.8 Å². The lowest BCUT2D eigenvalue weighted by Crippen LogP contribution is -2.17. The lowest BCUT2D eigenvalue weighted by atomic mass is 10.1. The number of hydrogen-bond donors (Lipinski definition) is 3. The molecule has 0 spiro atoms. The molecule has 32 heavy (non-hydrogen) atoms. The summed E-state index contributed by atoms with van der Waals surface area (Å²) in [4.78, 5) is 32.6. The van der Waals surface area contributed by atoms with Gasteiger partial charge in [0.2, 0.25) is 0 Å². The minimum atomic E-state index is -0.464. The Balaban J connectivity index is 1.20. The average Bonchev–Trinajstić information content (AvgIpc) is 3.12. The maximum atomic E-state index is 12.5. The first-order valence-electron chi connectivity index (χ1n) is 10.2. The molecule has 2 amide bonds. The number of rotatable bonds is 6. The fraction of sp³-hybridized carbons (Fsp3) is 0.227. The lowest BCUT2D eigenvalue weighted by molar-refractivity contribution is 0.0968. The van der Waals surface area contributed by atoms with Gasteiger partial charge in [0.1, 0.15) is 0 Å². The zero-order chi connectivity index (χ0) is 22.1. The van der Waals surface area contributed by atoms with Crippen LogP contribution in [0, 0.1) is 11.8 Å². The molecule has 1 saturated heterocycles. The topological polar surface area (TPSA) is 137 Å². The Morgan fingerprint density at radius 2 is 2.00 bits per heavy atom. The minimum Gasteiger partial charge on any atom is -0.382 e. The lowest BCUT2D eigenvalue weighted by Gasteiger charge is -2.06. The molecule has 0 bridgehead atoms. The molecule has 1 saturated carbocycles. The van der Waals surface area contributed by atoms with Gasteiger partial charge in [0.05, 0.1) is 31.6 Å². The molecule has 0 radical (unpaired) electrons. The fourth-order valence-corrected chi connectivity index (χ4v) is 3.82. The van der Waals surface area contributed by atoms with Crippen molar-refractivity contribution in [3.8, 4) is 0 Å². The summed E-state index contributed by atoms with van der Waals surface area (Å²) < 4.78 is 7.02. The Bertz CT molecular complexity index is 1210. The Hall–Kier alpha value is -4.05. The van der Waals surface area contributed by atoms with Crippen LogP contribution in [-0.2, 0) is 11.3 Å². The zero-order valence-electron chi connectivity index (χ0n) is 17.1. The van der Waals surface area contributed by atoms with E-state index in [2.05, 4.69) is 25.7 Å². The summed E-state index contributed by atoms with van der Waals surface area (Å²) in [5.41, 5.74) is 8.97. The first-order chi connectivity index (χ1) is 15.6. The van der Waals surface area contributed by atoms with Gasteiger partial charge in [-0.1, -0.05) is 12.1 Å². The third-order valence-corrected chi connectivity index (χ3v) is 5.56. The average molecular weight is 431 g/mol. The molecule has 2 fully saturated rings. The van der Waals surface area contributed by atoms with Gasteiger partial charge >= 0.3 is 0 Å². The van der Waals surface area contributed by atoms with Gasteiger partial charge in [-0.15, -0.1) is 0 Å². The van der Waals surface area contributed by atoms with Crippen molar-refractivity contribution in [3.05, 3.63) is 77.6 Å². The first-order valence-corrected chi connectivity index (χ1v) is 10.2. The summed E-state index contributed by atoms with van der Waals surface area (Å²) in [5, 5.41) is 9.85. The van der Waals surface area contributed by atoms with E-state index >= 15 is 0 Å². The van der Waals surface area contributed by atoms with E-state index < -0.39 is 5.91 Å². The number of anilines is 2. The van der Waals surface area contributed by atoms with Crippen LogP contribution in [0.4, 0.5) is 11.5 Å². The number of fused-ring (bicyclic) bond motifs is 1. The number of nitrogens with one attached hydrogen (secondary N) is 2. The Kier molecular flexibility index (Phi) is 5.12. The molecule has 2 atom stereocenters. The standard InChI is InChI=1S/C22H21N7O3/c23-20-19(24-4-5-25-20)22(31)28-15-7-27-29(10-15)9-13-2-1-3-14(6-13)21(30)26-8-16-17-11-32-12-18(16)17/h1-8,10,17-18H,9,11-12H2,(H2,23,25)(H,26,30)(H,28,31)/b16-8-/t17-,18+/m1/s1. The number of carbonyl (C=O) groups is 2. The second-order valence-corrected chi connectivity index (χ2v) is 7.74. The predicted molar refractivity (Wildman–Crippen MR) is 116 cm³/mol. The van der Waals surface area contributed by atoms with Gasteiger partial charge in [-0.2, -0.15) is 5.10 Å². The molecule has 0 unspecified atom stereocenters. The maximum absolute atomic E-state index is 12.5. The number of nitrogens with zero attached hydrogens (tertiary/aromatic N) is 4. The van der Waals surface area contributed by atoms with Crippen molar-refractivity contribution in [2.24, 2.45) is 11.8 Å². The van der Waals surface area contributed by atoms with E-state index in [4.69, 9.17) is 10.5 Å². The van der Waals surface area contributed by atoms with Gasteiger partial charge < -0.3 is 21.1 Å². The molecule has 1 aliphatic heterocycles. The molecular formula is C22H21N7O3. The van der Waals surface area contributed by atoms with Crippen molar-refractivity contribution >= 4 is 23.3 Å². The summed E-state index contributed by atoms with van der Waals surface area (Å²) in [7, 11) is 0. The van der Waals surface area contributed by atoms with E-state index in [1.165, 1.54) is 24.2 Å². The van der Waals surface area contributed by atoms with Crippen molar-refractivity contribution < 1.29 is 14.3 Å². The highest BCUT2D eigenvalue weighted by atomic mass is 16.5. The van der Waals surface area contributed by atoms with E-state index in [1.807, 2.05) is 24.4 Å². The predicted octanol–water partition coefficient (Wildman–Crippen LogP) is 1.45. The highest BCUT2D eigenvalue weighted by molar-refractivity contribution is 6.05. The van der Waals surface area contributed by atoms with Gasteiger partial charge in [-0.3, -0.25) is 14.3 Å². The van der Waals surface area contributed by atoms with Gasteiger partial charge in [-0.25, -0.2) is 9.97 Å². The molecule has 4 N–H and O–H groups in total. The van der Waals surface area contributed by atoms with Crippen molar-refractivity contribution in [1.29, 1.82) is 0 Å². The highest BCUT2D eigenvalue weighted by Crippen LogP contribution is 2.49. The number of amides is 2. The van der Waals surface area contributed by atoms with Crippen LogP contribution in [0.3, 0.4) is 0 Å². The molecule has 5 rings (SSSR count). The van der Waals surface area contributed by atoms with Crippen molar-refractivity contribution in [2.75, 3.05) is 24.3 Å². The molecule has 2 aliphatic rings. The highest BCUT2D eigenvalue weighted by Gasteiger charge is 2.48. The third kappa shape index (κ3) is 4.08. The minimum absolute atomic E-state index is 0.0521. The molecule has 3 aromatic rings. The van der Waals surface area contributed by atoms with Gasteiger partial charge in [0, 0.05) is 42.2 Å². The molecule has 1 aliphatic carbocycles. The number of carbonyl (C=O) groups excluding carboxylic acids is 2. The van der Waals surface area contributed by atoms with Crippen LogP contribution in [0.5, 0.6) is 0 Å². The van der Waals surface area contributed by atoms with Crippen LogP contribution in [0.1, 0.15) is 26.4 Å². The molecule has 3 heterocycles. The van der Waals surface area contributed by atoms with Crippen LogP contribution in [0.2, 0.25) is 0 Å². The van der Waals surface area contributed by atoms with Gasteiger partial charge in [0.25, 0.3) is 11.8 Å². The SMILES string of the molecule is Nc1nccnc1C(=O)Nc1cnn(Cc2cccc(C(=O)N/C=C3/[C@H]4COC[C@@H]34)c2)c1. The first kappa shape index (κ1) is 19.9. The van der Waals surface area contributed by atoms with Crippen LogP contribution >= 0.6 is 0 Å². The Morgan fingerprint density at radius 1 is 1.19 bits per heavy atom. The number of hydrogen-bond acceptors (Lipinski definition) is 7. The number of nitrogen functional groups attached to an aromatic ring is 1. The van der Waals surface area contributed by atoms with E-state index in [0.29, 0.717) is 29.6 Å². The summed E-state index contributed by atoms with van der Waals surface area (Å²) in [6, 6.07) is 7.34. The van der Waals surface area contributed by atoms with E-state index in [1.54, 1.807) is 16.9 Å². The molecule has 10 heteroatoms. The zero-order valence-corrected chi connectivity index (χ0v) is 17.1. The fourth-order valence-electron chi connectivity index (χ4n) is 3.82. The van der Waals surface area contributed by atoms with E-state index in [-0.39, 0.29) is 17.4 Å². The summed E-state index contributed by atoms with van der Waals surface area (Å²) in [6.45, 7) is 1.94. The number of ether oxygens (including phenoxy) is 1. The van der Waals surface area contributed by atoms with Gasteiger partial charge in [-0.05, 0) is 23.3 Å². The van der Waals surface area contributed by atoms with Crippen LogP contribution in [0.15, 0.2) is 60.8 Å². The molecule has 162 valence electrons. The number of benzene rings is 1. The summed E-state index contributed by atoms with van der Waals surface area (Å²) >= 11 is 0. The number of nitrogens with two attached hydrogens (primary N) is 1. The quantitative estimate of drug-likeness (QED) is 0.537. The summed E-state index contributed by atoms with van der Waals surface area (Å²) in [5.74, 6) is 0.388. The van der Waals surface area contributed by atoms with Crippen molar-refractivity contribution in [3.63, 3.8) is 0 Å². The smallest absolute Gasteiger partial charge is 0.278 e. The Labute approximate surface area is 183 Å². The second kappa shape index (κ2) is 8.23. The Morgan fingerprint density at radius 3 is 2.81 bits per heavy atom. The van der Waals surface area contributed by atoms with Crippen LogP contribution in [0.25, 0.3) is 0 Å². The molecular weight excluding hydrogens is 410 g/mol. The normalized spacial score (nSPS) is 20.1. The van der Waals surface area contributed by atoms with Crippen molar-refractivity contribution in [2.45, 2.75) is 6.54 Å². The van der Waals surface area contributed by atoms with E-state index in [9.17, 15) is 9.59 Å². The molecule has 10 nitrogen and oxygen atoms in total. The monoisotopic (exact) mass is 431 g/mol. The van der Waals surface area contributed by atoms with Gasteiger partial charge in [0.15, 0.2) is 11.5 Å². The largest absolute Gasteiger partial charge is 0.382 e. The molecule has 2 aromatic heterocycles.